The number of aromatic nitrogens is 2. The average Bonchev–Trinajstić information content (AvgIpc) is 3.12. The summed E-state index contributed by atoms with van der Waals surface area (Å²) in [5, 5.41) is 3.29. The van der Waals surface area contributed by atoms with Crippen molar-refractivity contribution >= 4 is 11.4 Å². The summed E-state index contributed by atoms with van der Waals surface area (Å²) < 4.78 is 15.9. The first-order valence-corrected chi connectivity index (χ1v) is 9.00. The van der Waals surface area contributed by atoms with Gasteiger partial charge in [-0.05, 0) is 36.4 Å². The Morgan fingerprint density at radius 3 is 2.52 bits per heavy atom. The fourth-order valence-electron chi connectivity index (χ4n) is 2.80. The summed E-state index contributed by atoms with van der Waals surface area (Å²) in [4.78, 5) is 4.56. The predicted octanol–water partition coefficient (Wildman–Crippen LogP) is 5.47. The molecule has 0 saturated carbocycles. The van der Waals surface area contributed by atoms with Crippen molar-refractivity contribution in [3.8, 4) is 22.5 Å². The van der Waals surface area contributed by atoms with E-state index in [4.69, 9.17) is 5.73 Å². The summed E-state index contributed by atoms with van der Waals surface area (Å²) in [6.45, 7) is 4.56. The van der Waals surface area contributed by atoms with Gasteiger partial charge in [-0.3, -0.25) is 0 Å². The van der Waals surface area contributed by atoms with Gasteiger partial charge >= 0.3 is 0 Å². The Hall–Kier alpha value is -3.34. The molecule has 0 radical (unpaired) electrons. The molecule has 0 saturated heterocycles. The van der Waals surface area contributed by atoms with Crippen LogP contribution in [0, 0.1) is 5.82 Å². The first-order valence-electron chi connectivity index (χ1n) is 9.00. The molecule has 2 aliphatic heterocycles. The molecule has 0 aromatic heterocycles. The molecule has 2 aliphatic rings. The Morgan fingerprint density at radius 1 is 1.00 bits per heavy atom. The molecule has 0 amide bonds. The van der Waals surface area contributed by atoms with Crippen LogP contribution in [-0.4, -0.2) is 9.55 Å². The number of halogens is 1. The van der Waals surface area contributed by atoms with Crippen LogP contribution in [0.4, 0.5) is 15.8 Å². The number of benzene rings is 2. The van der Waals surface area contributed by atoms with Crippen LogP contribution in [0.3, 0.4) is 0 Å². The molecule has 27 heavy (non-hydrogen) atoms. The third-order valence-corrected chi connectivity index (χ3v) is 4.13. The standard InChI is InChI=1S/C20H17FN4.C2H6/c21-16-6-2-1-5-15(16)19-11-14-9-10-25(12-20(14)24-19)13-23-18-8-4-3-7-17(18)22;1-2/h1-12,23H,13,22H2;1-2H3. The maximum Gasteiger partial charge on any atom is 0.132 e. The van der Waals surface area contributed by atoms with Crippen molar-refractivity contribution in [2.45, 2.75) is 20.5 Å². The highest BCUT2D eigenvalue weighted by Gasteiger charge is 2.13. The molecule has 4 rings (SSSR count). The van der Waals surface area contributed by atoms with Crippen LogP contribution in [0.1, 0.15) is 13.8 Å². The van der Waals surface area contributed by atoms with E-state index >= 15 is 0 Å². The molecule has 2 aromatic carbocycles. The topological polar surface area (TPSA) is 55.9 Å². The molecule has 3 N–H and O–H groups in total. The number of anilines is 2. The van der Waals surface area contributed by atoms with Crippen molar-refractivity contribution in [2.24, 2.45) is 0 Å². The minimum atomic E-state index is -0.264. The van der Waals surface area contributed by atoms with Gasteiger partial charge in [-0.1, -0.05) is 38.1 Å². The predicted molar refractivity (Wildman–Crippen MR) is 110 cm³/mol. The fourth-order valence-corrected chi connectivity index (χ4v) is 2.80. The van der Waals surface area contributed by atoms with Gasteiger partial charge in [0, 0.05) is 23.5 Å². The molecule has 0 bridgehead atoms. The van der Waals surface area contributed by atoms with E-state index in [9.17, 15) is 4.39 Å². The van der Waals surface area contributed by atoms with Crippen LogP contribution in [-0.2, 0) is 6.67 Å². The molecule has 2 heterocycles. The van der Waals surface area contributed by atoms with Gasteiger partial charge in [-0.25, -0.2) is 9.37 Å². The number of nitrogen functional groups attached to an aromatic ring is 1. The summed E-state index contributed by atoms with van der Waals surface area (Å²) >= 11 is 0. The molecule has 2 aromatic rings. The van der Waals surface area contributed by atoms with E-state index in [0.717, 1.165) is 16.9 Å². The summed E-state index contributed by atoms with van der Waals surface area (Å²) in [6.07, 6.45) is 3.90. The molecular formula is C22H23FN4. The molecule has 0 spiro atoms. The second kappa shape index (κ2) is 8.36. The molecular weight excluding hydrogens is 339 g/mol. The normalized spacial score (nSPS) is 10.3. The number of fused-ring (bicyclic) bond motifs is 1. The largest absolute Gasteiger partial charge is 0.397 e. The van der Waals surface area contributed by atoms with Crippen LogP contribution in [0.2, 0.25) is 0 Å². The zero-order valence-electron chi connectivity index (χ0n) is 15.5. The van der Waals surface area contributed by atoms with Gasteiger partial charge in [-0.15, -0.1) is 0 Å². The second-order valence-electron chi connectivity index (χ2n) is 5.84. The van der Waals surface area contributed by atoms with Gasteiger partial charge in [0.05, 0.1) is 29.4 Å². The van der Waals surface area contributed by atoms with Crippen LogP contribution in [0.25, 0.3) is 22.5 Å². The fraction of sp³-hybridized carbons (Fsp3) is 0.136. The van der Waals surface area contributed by atoms with E-state index in [-0.39, 0.29) is 5.82 Å². The van der Waals surface area contributed by atoms with Crippen LogP contribution in [0.5, 0.6) is 0 Å². The first-order chi connectivity index (χ1) is 13.2. The van der Waals surface area contributed by atoms with E-state index in [2.05, 4.69) is 10.3 Å². The zero-order valence-corrected chi connectivity index (χ0v) is 15.5. The molecule has 5 heteroatoms. The highest BCUT2D eigenvalue weighted by atomic mass is 19.1. The lowest BCUT2D eigenvalue weighted by atomic mass is 10.1. The van der Waals surface area contributed by atoms with Gasteiger partial charge in [-0.2, -0.15) is 0 Å². The van der Waals surface area contributed by atoms with Crippen molar-refractivity contribution in [1.29, 1.82) is 0 Å². The summed E-state index contributed by atoms with van der Waals surface area (Å²) in [6, 6.07) is 18.2. The number of nitrogens with zero attached hydrogens (tertiary/aromatic N) is 2. The van der Waals surface area contributed by atoms with Crippen LogP contribution >= 0.6 is 0 Å². The van der Waals surface area contributed by atoms with Gasteiger partial charge in [0.15, 0.2) is 0 Å². The summed E-state index contributed by atoms with van der Waals surface area (Å²) in [5.41, 5.74) is 10.5. The Labute approximate surface area is 158 Å². The Bertz CT molecular complexity index is 993. The van der Waals surface area contributed by atoms with Crippen LogP contribution in [0.15, 0.2) is 73.1 Å². The molecule has 4 nitrogen and oxygen atoms in total. The smallest absolute Gasteiger partial charge is 0.132 e. The van der Waals surface area contributed by atoms with E-state index in [0.29, 0.717) is 23.6 Å². The molecule has 138 valence electrons. The third kappa shape index (κ3) is 4.08. The van der Waals surface area contributed by atoms with Crippen molar-refractivity contribution in [2.75, 3.05) is 11.1 Å². The van der Waals surface area contributed by atoms with E-state index in [1.54, 1.807) is 12.1 Å². The highest BCUT2D eigenvalue weighted by Crippen LogP contribution is 2.29. The SMILES string of the molecule is CC.Nc1ccccc1NCn1ccc2cc(-c3ccccc3F)nc-2c1. The Kier molecular flexibility index (Phi) is 5.71. The number of nitrogens with one attached hydrogen (secondary N) is 1. The molecule has 0 fully saturated rings. The number of pyridine rings is 1. The van der Waals surface area contributed by atoms with E-state index < -0.39 is 0 Å². The Balaban J connectivity index is 0.00000102. The first kappa shape index (κ1) is 18.5. The Morgan fingerprint density at radius 2 is 1.74 bits per heavy atom. The maximum absolute atomic E-state index is 14.0. The highest BCUT2D eigenvalue weighted by molar-refractivity contribution is 5.73. The van der Waals surface area contributed by atoms with E-state index in [1.165, 1.54) is 6.07 Å². The third-order valence-electron chi connectivity index (χ3n) is 4.13. The quantitative estimate of drug-likeness (QED) is 0.473. The van der Waals surface area contributed by atoms with Gasteiger partial charge in [0.25, 0.3) is 0 Å². The number of nitrogens with two attached hydrogens (primary N) is 1. The number of rotatable bonds is 4. The number of hydrogen-bond acceptors (Lipinski definition) is 3. The molecule has 0 unspecified atom stereocenters. The average molecular weight is 362 g/mol. The van der Waals surface area contributed by atoms with Crippen molar-refractivity contribution in [1.82, 2.24) is 9.55 Å². The minimum Gasteiger partial charge on any atom is -0.397 e. The van der Waals surface area contributed by atoms with Gasteiger partial charge < -0.3 is 15.6 Å². The molecule has 0 atom stereocenters. The maximum atomic E-state index is 14.0. The lowest BCUT2D eigenvalue weighted by Crippen LogP contribution is -2.09. The van der Waals surface area contributed by atoms with Crippen molar-refractivity contribution in [3.05, 3.63) is 78.9 Å². The lowest BCUT2D eigenvalue weighted by molar-refractivity contribution is 0.631. The van der Waals surface area contributed by atoms with Crippen molar-refractivity contribution in [3.63, 3.8) is 0 Å². The summed E-state index contributed by atoms with van der Waals surface area (Å²) in [7, 11) is 0. The number of hydrogen-bond donors (Lipinski definition) is 2. The van der Waals surface area contributed by atoms with Gasteiger partial charge in [0.2, 0.25) is 0 Å². The molecule has 0 aliphatic carbocycles. The summed E-state index contributed by atoms with van der Waals surface area (Å²) in [5.74, 6) is -0.264. The second-order valence-corrected chi connectivity index (χ2v) is 5.84. The monoisotopic (exact) mass is 362 g/mol. The van der Waals surface area contributed by atoms with Crippen molar-refractivity contribution < 1.29 is 4.39 Å². The number of para-hydroxylation sites is 2. The van der Waals surface area contributed by atoms with E-state index in [1.807, 2.05) is 73.3 Å². The minimum absolute atomic E-state index is 0.264. The van der Waals surface area contributed by atoms with Gasteiger partial charge in [0.1, 0.15) is 5.82 Å². The lowest BCUT2D eigenvalue weighted by Gasteiger charge is -2.12. The van der Waals surface area contributed by atoms with Crippen LogP contribution < -0.4 is 11.1 Å². The zero-order chi connectivity index (χ0) is 19.2.